The Morgan fingerprint density at radius 3 is 1.47 bits per heavy atom. The van der Waals surface area contributed by atoms with Gasteiger partial charge in [-0.05, 0) is 37.8 Å². The molecule has 0 N–H and O–H groups in total. The van der Waals surface area contributed by atoms with Crippen LogP contribution in [0.1, 0.15) is 25.7 Å². The molecule has 0 bridgehead atoms. The molecule has 2 heterocycles. The Morgan fingerprint density at radius 2 is 1.29 bits per heavy atom. The zero-order valence-corrected chi connectivity index (χ0v) is 11.5. The van der Waals surface area contributed by atoms with Gasteiger partial charge in [-0.1, -0.05) is 0 Å². The summed E-state index contributed by atoms with van der Waals surface area (Å²) in [5, 5.41) is 20.3. The van der Waals surface area contributed by atoms with Gasteiger partial charge in [-0.15, -0.1) is 13.2 Å². The third-order valence-corrected chi connectivity index (χ3v) is 2.42. The Morgan fingerprint density at radius 1 is 0.882 bits per heavy atom. The van der Waals surface area contributed by atoms with E-state index in [2.05, 4.69) is 0 Å². The van der Waals surface area contributed by atoms with Crippen molar-refractivity contribution in [3.8, 4) is 0 Å². The molecule has 2 unspecified atom stereocenters. The van der Waals surface area contributed by atoms with Gasteiger partial charge in [-0.25, -0.2) is 0 Å². The Balaban J connectivity index is 0.000000284. The molecule has 0 aromatic rings. The molecule has 92 valence electrons. The van der Waals surface area contributed by atoms with E-state index in [-0.39, 0.29) is 48.5 Å². The van der Waals surface area contributed by atoms with E-state index in [0.717, 1.165) is 25.7 Å². The summed E-state index contributed by atoms with van der Waals surface area (Å²) in [4.78, 5) is 0. The van der Waals surface area contributed by atoms with E-state index in [1.165, 1.54) is 0 Å². The largest absolute Gasteiger partial charge is 2.00 e. The zero-order valence-electron chi connectivity index (χ0n) is 10.0. The maximum atomic E-state index is 10.1. The molecule has 0 spiro atoms. The molecule has 0 saturated carbocycles. The number of hydrogen-bond acceptors (Lipinski definition) is 4. The molecule has 5 heteroatoms. The monoisotopic (exact) mass is 250 g/mol. The van der Waals surface area contributed by atoms with Gasteiger partial charge in [0, 0.05) is 0 Å². The van der Waals surface area contributed by atoms with Crippen LogP contribution in [0.5, 0.6) is 0 Å². The summed E-state index contributed by atoms with van der Waals surface area (Å²) >= 11 is 0. The van der Waals surface area contributed by atoms with Crippen molar-refractivity contribution in [2.24, 2.45) is 0 Å². The molecule has 0 aromatic carbocycles. The van der Waals surface area contributed by atoms with Crippen LogP contribution >= 0.6 is 0 Å². The van der Waals surface area contributed by atoms with E-state index in [1.807, 2.05) is 12.2 Å². The van der Waals surface area contributed by atoms with Crippen LogP contribution in [0.3, 0.4) is 0 Å². The Hall–Kier alpha value is -0.234. The molecule has 0 aliphatic carbocycles. The molecule has 0 amide bonds. The van der Waals surface area contributed by atoms with Crippen LogP contribution in [-0.2, 0) is 9.47 Å². The van der Waals surface area contributed by atoms with Crippen LogP contribution in [-0.4, -0.2) is 48.5 Å². The van der Waals surface area contributed by atoms with Crippen LogP contribution in [0.4, 0.5) is 0 Å². The molecule has 0 fully saturated rings. The minimum absolute atomic E-state index is 0. The quantitative estimate of drug-likeness (QED) is 0.631. The van der Waals surface area contributed by atoms with Crippen LogP contribution in [0.2, 0.25) is 0 Å². The van der Waals surface area contributed by atoms with Gasteiger partial charge in [0.15, 0.2) is 0 Å². The fraction of sp³-hybridized carbons (Fsp3) is 0.667. The van der Waals surface area contributed by atoms with Crippen molar-refractivity contribution < 1.29 is 19.7 Å². The van der Waals surface area contributed by atoms with Crippen molar-refractivity contribution in [1.29, 1.82) is 0 Å². The maximum absolute atomic E-state index is 10.1. The second-order valence-electron chi connectivity index (χ2n) is 3.75. The van der Waals surface area contributed by atoms with Crippen molar-refractivity contribution >= 4 is 23.1 Å². The van der Waals surface area contributed by atoms with Crippen molar-refractivity contribution in [1.82, 2.24) is 0 Å². The summed E-state index contributed by atoms with van der Waals surface area (Å²) in [6.07, 6.45) is 10.8. The topological polar surface area (TPSA) is 64.6 Å². The van der Waals surface area contributed by atoms with Crippen molar-refractivity contribution in [2.75, 3.05) is 13.2 Å². The first-order valence-corrected chi connectivity index (χ1v) is 5.64. The summed E-state index contributed by atoms with van der Waals surface area (Å²) in [5.74, 6) is 0. The molecule has 17 heavy (non-hydrogen) atoms. The molecule has 2 aliphatic rings. The molecule has 4 nitrogen and oxygen atoms in total. The Kier molecular flexibility index (Phi) is 10.7. The van der Waals surface area contributed by atoms with E-state index >= 15 is 0 Å². The third-order valence-electron chi connectivity index (χ3n) is 2.42. The summed E-state index contributed by atoms with van der Waals surface area (Å²) in [6.45, 7) is -0.214. The van der Waals surface area contributed by atoms with E-state index in [4.69, 9.17) is 9.47 Å². The fourth-order valence-electron chi connectivity index (χ4n) is 1.41. The molecule has 0 aromatic heterocycles. The maximum Gasteiger partial charge on any atom is 2.00 e. The third kappa shape index (κ3) is 7.65. The first kappa shape index (κ1) is 16.8. The smallest absolute Gasteiger partial charge is 0.852 e. The molecule has 2 rings (SSSR count). The first-order valence-electron chi connectivity index (χ1n) is 5.64. The number of allylic oxidation sites excluding steroid dienone is 2. The predicted octanol–water partition coefficient (Wildman–Crippen LogP) is -0.302. The molecule has 2 atom stereocenters. The van der Waals surface area contributed by atoms with Crippen LogP contribution in [0.15, 0.2) is 24.7 Å². The normalized spacial score (nSPS) is 25.8. The van der Waals surface area contributed by atoms with E-state index in [9.17, 15) is 10.2 Å². The van der Waals surface area contributed by atoms with Gasteiger partial charge in [-0.3, -0.25) is 0 Å². The molecule has 2 aliphatic heterocycles. The summed E-state index contributed by atoms with van der Waals surface area (Å²) in [5.41, 5.74) is 0. The van der Waals surface area contributed by atoms with Crippen molar-refractivity contribution in [2.45, 2.75) is 37.9 Å². The van der Waals surface area contributed by atoms with E-state index < -0.39 is 0 Å². The van der Waals surface area contributed by atoms with Gasteiger partial charge in [0.2, 0.25) is 0 Å². The predicted molar refractivity (Wildman–Crippen MR) is 62.0 cm³/mol. The van der Waals surface area contributed by atoms with Crippen LogP contribution < -0.4 is 10.2 Å². The SMILES string of the molecule is [Mg+2].[O-]CC1CCC=CO1.[O-]CC1CCC=CO1. The minimum Gasteiger partial charge on any atom is -0.852 e. The number of rotatable bonds is 2. The van der Waals surface area contributed by atoms with E-state index in [0.29, 0.717) is 0 Å². The number of ether oxygens (including phenoxy) is 2. The zero-order chi connectivity index (χ0) is 11.6. The summed E-state index contributed by atoms with van der Waals surface area (Å²) < 4.78 is 9.87. The second kappa shape index (κ2) is 10.9. The summed E-state index contributed by atoms with van der Waals surface area (Å²) in [7, 11) is 0. The molecular weight excluding hydrogens is 232 g/mol. The minimum atomic E-state index is -0.107. The van der Waals surface area contributed by atoms with Crippen LogP contribution in [0.25, 0.3) is 0 Å². The fourth-order valence-corrected chi connectivity index (χ4v) is 1.41. The van der Waals surface area contributed by atoms with Gasteiger partial charge in [0.25, 0.3) is 0 Å². The Labute approximate surface area is 118 Å². The molecule has 0 saturated heterocycles. The molecular formula is C12H18MgO4. The van der Waals surface area contributed by atoms with Gasteiger partial charge in [0.05, 0.1) is 24.7 Å². The average Bonchev–Trinajstić information content (AvgIpc) is 2.41. The summed E-state index contributed by atoms with van der Waals surface area (Å²) in [6, 6.07) is 0. The second-order valence-corrected chi connectivity index (χ2v) is 3.75. The number of hydrogen-bond donors (Lipinski definition) is 0. The molecule has 0 radical (unpaired) electrons. The van der Waals surface area contributed by atoms with Gasteiger partial charge in [-0.2, -0.15) is 0 Å². The standard InChI is InChI=1S/2C6H9O2.Mg/c2*7-5-6-3-1-2-4-8-6;/h2*2,4,6H,1,3,5H2;/q2*-1;+2. The van der Waals surface area contributed by atoms with Gasteiger partial charge >= 0.3 is 23.1 Å². The van der Waals surface area contributed by atoms with E-state index in [1.54, 1.807) is 12.5 Å². The van der Waals surface area contributed by atoms with Gasteiger partial charge in [0.1, 0.15) is 0 Å². The first-order chi connectivity index (χ1) is 7.86. The van der Waals surface area contributed by atoms with Crippen LogP contribution in [0, 0.1) is 0 Å². The van der Waals surface area contributed by atoms with Gasteiger partial charge < -0.3 is 19.7 Å². The Bertz CT molecular complexity index is 207. The van der Waals surface area contributed by atoms with Crippen molar-refractivity contribution in [3.63, 3.8) is 0 Å². The average molecular weight is 251 g/mol. The van der Waals surface area contributed by atoms with Crippen molar-refractivity contribution in [3.05, 3.63) is 24.7 Å².